The van der Waals surface area contributed by atoms with E-state index in [1.165, 1.54) is 18.9 Å². The Morgan fingerprint density at radius 1 is 1.19 bits per heavy atom. The number of methoxy groups -OCH3 is 1. The highest BCUT2D eigenvalue weighted by Gasteiger charge is 2.18. The van der Waals surface area contributed by atoms with Gasteiger partial charge in [0, 0.05) is 11.1 Å². The van der Waals surface area contributed by atoms with Gasteiger partial charge in [0.05, 0.1) is 31.4 Å². The molecule has 1 amide bonds. The van der Waals surface area contributed by atoms with Crippen molar-refractivity contribution in [3.8, 4) is 17.3 Å². The van der Waals surface area contributed by atoms with Gasteiger partial charge < -0.3 is 14.5 Å². The standard InChI is InChI=1S/C23H21ClN4O3S/c1-15-11-18(20(30-2)12-17(15)24)25-21(29)14-32-23-27-26-22(19-9-6-10-31-19)28(23)13-16-7-4-3-5-8-16/h3-12H,13-14H2,1-2H3,(H,25,29). The molecule has 0 bridgehead atoms. The van der Waals surface area contributed by atoms with Gasteiger partial charge in [-0.3, -0.25) is 9.36 Å². The van der Waals surface area contributed by atoms with E-state index < -0.39 is 0 Å². The molecule has 2 aromatic heterocycles. The Kier molecular flexibility index (Phi) is 6.82. The number of ether oxygens (including phenoxy) is 1. The molecule has 0 saturated heterocycles. The number of hydrogen-bond acceptors (Lipinski definition) is 6. The Balaban J connectivity index is 1.52. The summed E-state index contributed by atoms with van der Waals surface area (Å²) in [6.45, 7) is 2.42. The minimum atomic E-state index is -0.191. The molecular formula is C23H21ClN4O3S. The quantitative estimate of drug-likeness (QED) is 0.354. The first-order valence-electron chi connectivity index (χ1n) is 9.83. The zero-order chi connectivity index (χ0) is 22.5. The lowest BCUT2D eigenvalue weighted by atomic mass is 10.2. The van der Waals surface area contributed by atoms with Crippen molar-refractivity contribution in [2.75, 3.05) is 18.2 Å². The van der Waals surface area contributed by atoms with Gasteiger partial charge in [0.2, 0.25) is 11.7 Å². The molecule has 7 nitrogen and oxygen atoms in total. The monoisotopic (exact) mass is 468 g/mol. The van der Waals surface area contributed by atoms with Crippen molar-refractivity contribution < 1.29 is 13.9 Å². The molecule has 0 spiro atoms. The number of benzene rings is 2. The number of anilines is 1. The third kappa shape index (κ3) is 4.98. The second-order valence-corrected chi connectivity index (χ2v) is 8.34. The van der Waals surface area contributed by atoms with Crippen LogP contribution in [0.2, 0.25) is 5.02 Å². The van der Waals surface area contributed by atoms with E-state index in [2.05, 4.69) is 15.5 Å². The van der Waals surface area contributed by atoms with Crippen molar-refractivity contribution in [2.24, 2.45) is 0 Å². The van der Waals surface area contributed by atoms with E-state index in [1.807, 2.05) is 47.9 Å². The summed E-state index contributed by atoms with van der Waals surface area (Å²) in [5.74, 6) is 1.69. The summed E-state index contributed by atoms with van der Waals surface area (Å²) in [6, 6.07) is 17.1. The van der Waals surface area contributed by atoms with Crippen LogP contribution in [0.1, 0.15) is 11.1 Å². The van der Waals surface area contributed by atoms with Crippen molar-refractivity contribution in [1.29, 1.82) is 0 Å². The summed E-state index contributed by atoms with van der Waals surface area (Å²) in [5, 5.41) is 12.7. The second-order valence-electron chi connectivity index (χ2n) is 6.99. The molecule has 164 valence electrons. The molecule has 0 aliphatic carbocycles. The number of hydrogen-bond donors (Lipinski definition) is 1. The van der Waals surface area contributed by atoms with E-state index >= 15 is 0 Å². The average Bonchev–Trinajstić information content (AvgIpc) is 3.45. The number of carbonyl (C=O) groups excluding carboxylic acids is 1. The highest BCUT2D eigenvalue weighted by Crippen LogP contribution is 2.31. The fraction of sp³-hybridized carbons (Fsp3) is 0.174. The van der Waals surface area contributed by atoms with Crippen LogP contribution < -0.4 is 10.1 Å². The maximum Gasteiger partial charge on any atom is 0.234 e. The summed E-state index contributed by atoms with van der Waals surface area (Å²) in [5.41, 5.74) is 2.51. The summed E-state index contributed by atoms with van der Waals surface area (Å²) in [6.07, 6.45) is 1.60. The average molecular weight is 469 g/mol. The van der Waals surface area contributed by atoms with E-state index in [0.29, 0.717) is 39.7 Å². The van der Waals surface area contributed by atoms with Crippen LogP contribution in [0.4, 0.5) is 5.69 Å². The summed E-state index contributed by atoms with van der Waals surface area (Å²) in [7, 11) is 1.54. The third-order valence-corrected chi connectivity index (χ3v) is 6.10. The number of halogens is 1. The number of furan rings is 1. The molecule has 0 aliphatic rings. The molecule has 0 aliphatic heterocycles. The predicted molar refractivity (Wildman–Crippen MR) is 125 cm³/mol. The largest absolute Gasteiger partial charge is 0.495 e. The van der Waals surface area contributed by atoms with E-state index in [4.69, 9.17) is 20.8 Å². The zero-order valence-electron chi connectivity index (χ0n) is 17.5. The van der Waals surface area contributed by atoms with Gasteiger partial charge in [0.25, 0.3) is 0 Å². The molecule has 0 unspecified atom stereocenters. The van der Waals surface area contributed by atoms with Crippen LogP contribution in [0.15, 0.2) is 70.4 Å². The maximum absolute atomic E-state index is 12.7. The number of thioether (sulfide) groups is 1. The van der Waals surface area contributed by atoms with Gasteiger partial charge in [-0.1, -0.05) is 53.7 Å². The first-order chi connectivity index (χ1) is 15.5. The first kappa shape index (κ1) is 22.0. The molecule has 32 heavy (non-hydrogen) atoms. The molecule has 9 heteroatoms. The molecule has 2 heterocycles. The van der Waals surface area contributed by atoms with Crippen molar-refractivity contribution in [1.82, 2.24) is 14.8 Å². The minimum Gasteiger partial charge on any atom is -0.495 e. The van der Waals surface area contributed by atoms with Crippen molar-refractivity contribution in [2.45, 2.75) is 18.6 Å². The Bertz CT molecular complexity index is 1210. The van der Waals surface area contributed by atoms with Gasteiger partial charge in [-0.05, 0) is 36.2 Å². The molecule has 0 fully saturated rings. The molecule has 0 atom stereocenters. The highest BCUT2D eigenvalue weighted by molar-refractivity contribution is 7.99. The number of nitrogens with one attached hydrogen (secondary N) is 1. The molecule has 0 saturated carbocycles. The maximum atomic E-state index is 12.7. The van der Waals surface area contributed by atoms with Gasteiger partial charge in [-0.2, -0.15) is 0 Å². The normalized spacial score (nSPS) is 10.8. The van der Waals surface area contributed by atoms with Crippen molar-refractivity contribution >= 4 is 35.0 Å². The fourth-order valence-corrected chi connectivity index (χ4v) is 4.03. The van der Waals surface area contributed by atoms with E-state index in [-0.39, 0.29) is 11.7 Å². The molecular weight excluding hydrogens is 448 g/mol. The summed E-state index contributed by atoms with van der Waals surface area (Å²) >= 11 is 7.45. The van der Waals surface area contributed by atoms with Crippen LogP contribution >= 0.6 is 23.4 Å². The van der Waals surface area contributed by atoms with Crippen LogP contribution in [0.3, 0.4) is 0 Å². The zero-order valence-corrected chi connectivity index (χ0v) is 19.1. The van der Waals surface area contributed by atoms with Crippen molar-refractivity contribution in [3.63, 3.8) is 0 Å². The third-order valence-electron chi connectivity index (χ3n) is 4.73. The van der Waals surface area contributed by atoms with Crippen LogP contribution in [0.25, 0.3) is 11.6 Å². The van der Waals surface area contributed by atoms with Crippen LogP contribution in [0.5, 0.6) is 5.75 Å². The number of carbonyl (C=O) groups is 1. The Hall–Kier alpha value is -3.23. The van der Waals surface area contributed by atoms with Crippen molar-refractivity contribution in [3.05, 3.63) is 77.0 Å². The lowest BCUT2D eigenvalue weighted by molar-refractivity contribution is -0.113. The first-order valence-corrected chi connectivity index (χ1v) is 11.2. The van der Waals surface area contributed by atoms with Gasteiger partial charge in [0.1, 0.15) is 5.75 Å². The highest BCUT2D eigenvalue weighted by atomic mass is 35.5. The lowest BCUT2D eigenvalue weighted by Gasteiger charge is -2.12. The number of nitrogens with zero attached hydrogens (tertiary/aromatic N) is 3. The number of aromatic nitrogens is 3. The van der Waals surface area contributed by atoms with Gasteiger partial charge >= 0.3 is 0 Å². The Labute approximate surface area is 194 Å². The van der Waals surface area contributed by atoms with Gasteiger partial charge in [0.15, 0.2) is 10.9 Å². The van der Waals surface area contributed by atoms with Gasteiger partial charge in [-0.25, -0.2) is 0 Å². The van der Waals surface area contributed by atoms with Crippen LogP contribution in [-0.2, 0) is 11.3 Å². The summed E-state index contributed by atoms with van der Waals surface area (Å²) < 4.78 is 12.8. The molecule has 1 N–H and O–H groups in total. The second kappa shape index (κ2) is 9.93. The van der Waals surface area contributed by atoms with Crippen LogP contribution in [0, 0.1) is 6.92 Å². The number of aryl methyl sites for hydroxylation is 1. The smallest absolute Gasteiger partial charge is 0.234 e. The Morgan fingerprint density at radius 2 is 2.00 bits per heavy atom. The minimum absolute atomic E-state index is 0.149. The lowest BCUT2D eigenvalue weighted by Crippen LogP contribution is -2.15. The molecule has 4 rings (SSSR count). The molecule has 0 radical (unpaired) electrons. The SMILES string of the molecule is COc1cc(Cl)c(C)cc1NC(=O)CSc1nnc(-c2ccco2)n1Cc1ccccc1. The molecule has 4 aromatic rings. The van der Waals surface area contributed by atoms with E-state index in [1.54, 1.807) is 24.5 Å². The Morgan fingerprint density at radius 3 is 2.72 bits per heavy atom. The van der Waals surface area contributed by atoms with Gasteiger partial charge in [-0.15, -0.1) is 10.2 Å². The van der Waals surface area contributed by atoms with E-state index in [0.717, 1.165) is 11.1 Å². The number of amides is 1. The topological polar surface area (TPSA) is 82.2 Å². The summed E-state index contributed by atoms with van der Waals surface area (Å²) in [4.78, 5) is 12.7. The van der Waals surface area contributed by atoms with E-state index in [9.17, 15) is 4.79 Å². The fourth-order valence-electron chi connectivity index (χ4n) is 3.14. The predicted octanol–water partition coefficient (Wildman–Crippen LogP) is 5.29. The van der Waals surface area contributed by atoms with Crippen LogP contribution in [-0.4, -0.2) is 33.5 Å². The number of rotatable bonds is 8. The molecule has 2 aromatic carbocycles.